The van der Waals surface area contributed by atoms with Crippen LogP contribution in [-0.4, -0.2) is 22.7 Å². The number of benzene rings is 1. The van der Waals surface area contributed by atoms with Gasteiger partial charge in [-0.15, -0.1) is 0 Å². The number of halogens is 1. The maximum absolute atomic E-state index is 10.9. The normalized spacial score (nSPS) is 23.0. The molecule has 0 amide bonds. The van der Waals surface area contributed by atoms with Gasteiger partial charge in [-0.2, -0.15) is 0 Å². The van der Waals surface area contributed by atoms with Gasteiger partial charge in [0.15, 0.2) is 0 Å². The Labute approximate surface area is 113 Å². The molecule has 0 aromatic heterocycles. The van der Waals surface area contributed by atoms with Crippen molar-refractivity contribution in [3.05, 3.63) is 32.8 Å². The summed E-state index contributed by atoms with van der Waals surface area (Å²) < 4.78 is 0.807. The summed E-state index contributed by atoms with van der Waals surface area (Å²) >= 11 is 3.31. The Morgan fingerprint density at radius 2 is 2.28 bits per heavy atom. The lowest BCUT2D eigenvalue weighted by atomic mass is 10.1. The van der Waals surface area contributed by atoms with Crippen molar-refractivity contribution in [2.24, 2.45) is 5.92 Å². The maximum Gasteiger partial charge on any atom is 0.292 e. The van der Waals surface area contributed by atoms with E-state index < -0.39 is 4.92 Å². The molecule has 2 rings (SSSR count). The van der Waals surface area contributed by atoms with Crippen LogP contribution in [0, 0.1) is 16.0 Å². The van der Waals surface area contributed by atoms with Gasteiger partial charge < -0.3 is 10.4 Å². The standard InChI is InChI=1S/C12H15BrN2O3/c13-9-2-4-12(15(17)18)11(6-9)14-7-8-1-3-10(16)5-8/h2,4,6,8,10,14,16H,1,3,5,7H2. The van der Waals surface area contributed by atoms with Crippen LogP contribution >= 0.6 is 15.9 Å². The van der Waals surface area contributed by atoms with E-state index in [4.69, 9.17) is 0 Å². The molecule has 1 aromatic carbocycles. The van der Waals surface area contributed by atoms with Crippen molar-refractivity contribution < 1.29 is 10.0 Å². The first kappa shape index (κ1) is 13.3. The summed E-state index contributed by atoms with van der Waals surface area (Å²) in [7, 11) is 0. The van der Waals surface area contributed by atoms with Gasteiger partial charge in [-0.3, -0.25) is 10.1 Å². The first-order valence-electron chi connectivity index (χ1n) is 5.92. The molecular weight excluding hydrogens is 300 g/mol. The minimum Gasteiger partial charge on any atom is -0.393 e. The zero-order chi connectivity index (χ0) is 13.1. The molecule has 5 nitrogen and oxygen atoms in total. The molecule has 0 saturated heterocycles. The van der Waals surface area contributed by atoms with E-state index in [9.17, 15) is 15.2 Å². The summed E-state index contributed by atoms with van der Waals surface area (Å²) in [5.41, 5.74) is 0.604. The van der Waals surface area contributed by atoms with Gasteiger partial charge in [0.1, 0.15) is 5.69 Å². The van der Waals surface area contributed by atoms with Crippen LogP contribution in [0.4, 0.5) is 11.4 Å². The minimum absolute atomic E-state index is 0.0803. The fraction of sp³-hybridized carbons (Fsp3) is 0.500. The van der Waals surface area contributed by atoms with Crippen molar-refractivity contribution >= 4 is 27.3 Å². The van der Waals surface area contributed by atoms with E-state index in [2.05, 4.69) is 21.2 Å². The quantitative estimate of drug-likeness (QED) is 0.662. The van der Waals surface area contributed by atoms with Gasteiger partial charge in [0, 0.05) is 17.1 Å². The van der Waals surface area contributed by atoms with E-state index in [1.165, 1.54) is 6.07 Å². The Kier molecular flexibility index (Phi) is 4.19. The summed E-state index contributed by atoms with van der Waals surface area (Å²) in [6.45, 7) is 0.661. The Morgan fingerprint density at radius 1 is 1.50 bits per heavy atom. The number of anilines is 1. The van der Waals surface area contributed by atoms with E-state index in [0.29, 0.717) is 18.2 Å². The summed E-state index contributed by atoms with van der Waals surface area (Å²) in [4.78, 5) is 10.5. The van der Waals surface area contributed by atoms with Gasteiger partial charge in [-0.1, -0.05) is 15.9 Å². The molecule has 2 atom stereocenters. The molecule has 1 fully saturated rings. The molecule has 6 heteroatoms. The average Bonchev–Trinajstić information content (AvgIpc) is 2.72. The molecule has 0 heterocycles. The number of aliphatic hydroxyl groups is 1. The lowest BCUT2D eigenvalue weighted by Crippen LogP contribution is -2.13. The Hall–Kier alpha value is -1.14. The largest absolute Gasteiger partial charge is 0.393 e. The van der Waals surface area contributed by atoms with Gasteiger partial charge in [0.2, 0.25) is 0 Å². The van der Waals surface area contributed by atoms with Crippen molar-refractivity contribution in [1.82, 2.24) is 0 Å². The summed E-state index contributed by atoms with van der Waals surface area (Å²) in [6, 6.07) is 4.85. The second-order valence-electron chi connectivity index (χ2n) is 4.63. The van der Waals surface area contributed by atoms with Crippen LogP contribution in [0.3, 0.4) is 0 Å². The third-order valence-corrected chi connectivity index (χ3v) is 3.74. The summed E-state index contributed by atoms with van der Waals surface area (Å²) in [5.74, 6) is 0.388. The van der Waals surface area contributed by atoms with E-state index >= 15 is 0 Å². The average molecular weight is 315 g/mol. The summed E-state index contributed by atoms with van der Waals surface area (Å²) in [5, 5.41) is 23.4. The van der Waals surface area contributed by atoms with Gasteiger partial charge in [-0.05, 0) is 37.3 Å². The number of hydrogen-bond donors (Lipinski definition) is 2. The number of nitro benzene ring substituents is 1. The molecule has 1 aliphatic rings. The third kappa shape index (κ3) is 3.20. The summed E-state index contributed by atoms with van der Waals surface area (Å²) in [6.07, 6.45) is 2.35. The van der Waals surface area contributed by atoms with Crippen molar-refractivity contribution in [3.8, 4) is 0 Å². The van der Waals surface area contributed by atoms with Crippen LogP contribution in [0.5, 0.6) is 0 Å². The monoisotopic (exact) mass is 314 g/mol. The zero-order valence-electron chi connectivity index (χ0n) is 9.80. The Bertz CT molecular complexity index is 453. The van der Waals surface area contributed by atoms with Crippen LogP contribution in [-0.2, 0) is 0 Å². The number of rotatable bonds is 4. The SMILES string of the molecule is O=[N+]([O-])c1ccc(Br)cc1NCC1CCC(O)C1. The molecule has 0 bridgehead atoms. The molecule has 0 radical (unpaired) electrons. The number of nitrogens with one attached hydrogen (secondary N) is 1. The Balaban J connectivity index is 2.04. The van der Waals surface area contributed by atoms with E-state index in [0.717, 1.165) is 23.7 Å². The lowest BCUT2D eigenvalue weighted by molar-refractivity contribution is -0.384. The molecule has 2 N–H and O–H groups in total. The highest BCUT2D eigenvalue weighted by molar-refractivity contribution is 9.10. The number of nitrogens with zero attached hydrogens (tertiary/aromatic N) is 1. The molecule has 98 valence electrons. The highest BCUT2D eigenvalue weighted by atomic mass is 79.9. The number of aliphatic hydroxyl groups excluding tert-OH is 1. The molecule has 0 spiro atoms. The van der Waals surface area contributed by atoms with Crippen LogP contribution in [0.15, 0.2) is 22.7 Å². The fourth-order valence-corrected chi connectivity index (χ4v) is 2.66. The third-order valence-electron chi connectivity index (χ3n) is 3.25. The van der Waals surface area contributed by atoms with Gasteiger partial charge >= 0.3 is 0 Å². The van der Waals surface area contributed by atoms with E-state index in [1.54, 1.807) is 12.1 Å². The number of hydrogen-bond acceptors (Lipinski definition) is 4. The van der Waals surface area contributed by atoms with E-state index in [1.807, 2.05) is 0 Å². The molecular formula is C12H15BrN2O3. The maximum atomic E-state index is 10.9. The first-order valence-corrected chi connectivity index (χ1v) is 6.71. The van der Waals surface area contributed by atoms with Crippen molar-refractivity contribution in [1.29, 1.82) is 0 Å². The Morgan fingerprint density at radius 3 is 2.89 bits per heavy atom. The van der Waals surface area contributed by atoms with Gasteiger partial charge in [0.05, 0.1) is 11.0 Å². The second-order valence-corrected chi connectivity index (χ2v) is 5.55. The predicted molar refractivity (Wildman–Crippen MR) is 72.6 cm³/mol. The zero-order valence-corrected chi connectivity index (χ0v) is 11.4. The van der Waals surface area contributed by atoms with Crippen molar-refractivity contribution in [3.63, 3.8) is 0 Å². The minimum atomic E-state index is -0.391. The van der Waals surface area contributed by atoms with E-state index in [-0.39, 0.29) is 11.8 Å². The number of nitro groups is 1. The fourth-order valence-electron chi connectivity index (χ4n) is 2.30. The molecule has 1 saturated carbocycles. The molecule has 18 heavy (non-hydrogen) atoms. The van der Waals surface area contributed by atoms with Gasteiger partial charge in [-0.25, -0.2) is 0 Å². The highest BCUT2D eigenvalue weighted by Crippen LogP contribution is 2.30. The van der Waals surface area contributed by atoms with Crippen LogP contribution < -0.4 is 5.32 Å². The van der Waals surface area contributed by atoms with Crippen LogP contribution in [0.1, 0.15) is 19.3 Å². The smallest absolute Gasteiger partial charge is 0.292 e. The molecule has 2 unspecified atom stereocenters. The predicted octanol–water partition coefficient (Wildman–Crippen LogP) is 2.93. The van der Waals surface area contributed by atoms with Crippen molar-refractivity contribution in [2.45, 2.75) is 25.4 Å². The topological polar surface area (TPSA) is 75.4 Å². The molecule has 1 aromatic rings. The second kappa shape index (κ2) is 5.67. The lowest BCUT2D eigenvalue weighted by Gasteiger charge is -2.12. The molecule has 1 aliphatic carbocycles. The van der Waals surface area contributed by atoms with Gasteiger partial charge in [0.25, 0.3) is 5.69 Å². The molecule has 0 aliphatic heterocycles. The van der Waals surface area contributed by atoms with Crippen molar-refractivity contribution in [2.75, 3.05) is 11.9 Å². The highest BCUT2D eigenvalue weighted by Gasteiger charge is 2.23. The van der Waals surface area contributed by atoms with Crippen LogP contribution in [0.2, 0.25) is 0 Å². The van der Waals surface area contributed by atoms with Crippen LogP contribution in [0.25, 0.3) is 0 Å². The first-order chi connectivity index (χ1) is 8.56.